The lowest BCUT2D eigenvalue weighted by molar-refractivity contribution is -0.137. The highest BCUT2D eigenvalue weighted by molar-refractivity contribution is 6.08. The molecule has 6 nitrogen and oxygen atoms in total. The molecule has 0 fully saturated rings. The van der Waals surface area contributed by atoms with Gasteiger partial charge in [0, 0.05) is 12.1 Å². The Balaban J connectivity index is 2.24. The van der Waals surface area contributed by atoms with Crippen LogP contribution in [0.3, 0.4) is 0 Å². The number of Topliss-reactive ketones (excluding diaryl/α,β-unsaturated/α-hetero) is 1. The second kappa shape index (κ2) is 5.34. The van der Waals surface area contributed by atoms with Crippen LogP contribution < -0.4 is 15.2 Å². The molecule has 20 heavy (non-hydrogen) atoms. The molecule has 0 radical (unpaired) electrons. The van der Waals surface area contributed by atoms with Gasteiger partial charge in [0.2, 0.25) is 11.5 Å². The van der Waals surface area contributed by atoms with Crippen LogP contribution in [0.25, 0.3) is 0 Å². The van der Waals surface area contributed by atoms with Crippen molar-refractivity contribution >= 4 is 11.8 Å². The van der Waals surface area contributed by atoms with Gasteiger partial charge in [-0.15, -0.1) is 0 Å². The van der Waals surface area contributed by atoms with Gasteiger partial charge in [0.1, 0.15) is 11.5 Å². The van der Waals surface area contributed by atoms with Crippen LogP contribution in [-0.4, -0.2) is 31.2 Å². The van der Waals surface area contributed by atoms with Gasteiger partial charge in [-0.1, -0.05) is 0 Å². The summed E-state index contributed by atoms with van der Waals surface area (Å²) in [4.78, 5) is 23.5. The summed E-state index contributed by atoms with van der Waals surface area (Å²) in [6.45, 7) is 1.93. The number of ether oxygens (including phenoxy) is 3. The molecule has 0 aliphatic carbocycles. The molecule has 6 heteroatoms. The third-order valence-corrected chi connectivity index (χ3v) is 2.82. The number of hydrogen-bond donors (Lipinski definition) is 1. The zero-order valence-corrected chi connectivity index (χ0v) is 11.2. The Morgan fingerprint density at radius 2 is 2.25 bits per heavy atom. The first-order valence-corrected chi connectivity index (χ1v) is 6.07. The van der Waals surface area contributed by atoms with Crippen LogP contribution in [0.2, 0.25) is 0 Å². The summed E-state index contributed by atoms with van der Waals surface area (Å²) in [6.07, 6.45) is 2.28. The lowest BCUT2D eigenvalue weighted by Crippen LogP contribution is -2.47. The van der Waals surface area contributed by atoms with E-state index < -0.39 is 17.5 Å². The Labute approximate surface area is 116 Å². The predicted molar refractivity (Wildman–Crippen MR) is 70.6 cm³/mol. The van der Waals surface area contributed by atoms with Crippen molar-refractivity contribution in [1.82, 2.24) is 0 Å². The minimum Gasteiger partial charge on any atom is -0.497 e. The van der Waals surface area contributed by atoms with E-state index in [1.807, 2.05) is 0 Å². The fraction of sp³-hybridized carbons (Fsp3) is 0.286. The summed E-state index contributed by atoms with van der Waals surface area (Å²) in [5, 5.41) is 0. The zero-order valence-electron chi connectivity index (χ0n) is 11.2. The molecule has 1 unspecified atom stereocenters. The highest BCUT2D eigenvalue weighted by atomic mass is 16.5. The van der Waals surface area contributed by atoms with E-state index in [9.17, 15) is 9.59 Å². The first-order chi connectivity index (χ1) is 9.50. The highest BCUT2D eigenvalue weighted by Gasteiger charge is 2.43. The minimum absolute atomic E-state index is 0.243. The number of ketones is 1. The third-order valence-electron chi connectivity index (χ3n) is 2.82. The van der Waals surface area contributed by atoms with Gasteiger partial charge < -0.3 is 14.2 Å². The molecule has 1 atom stereocenters. The number of methoxy groups -OCH3 is 1. The van der Waals surface area contributed by atoms with Crippen molar-refractivity contribution in [3.63, 3.8) is 0 Å². The smallest absolute Gasteiger partial charge is 0.330 e. The van der Waals surface area contributed by atoms with Crippen LogP contribution in [0.5, 0.6) is 11.5 Å². The summed E-state index contributed by atoms with van der Waals surface area (Å²) in [5.74, 6) is -0.126. The molecule has 1 heterocycles. The van der Waals surface area contributed by atoms with Crippen LogP contribution in [0.4, 0.5) is 0 Å². The van der Waals surface area contributed by atoms with Crippen LogP contribution in [-0.2, 0) is 9.53 Å². The average molecular weight is 277 g/mol. The normalized spacial score (nSPS) is 20.6. The molecular formula is C14H15NO5. The SMILES string of the molecule is CCOC(=O)/C=C/C1(N)Oc2cc(OC)ccc2C1=O. The van der Waals surface area contributed by atoms with Crippen LogP contribution in [0, 0.1) is 0 Å². The van der Waals surface area contributed by atoms with Gasteiger partial charge in [0.15, 0.2) is 0 Å². The summed E-state index contributed by atoms with van der Waals surface area (Å²) in [5.41, 5.74) is 4.54. The number of nitrogens with two attached hydrogens (primary N) is 1. The molecule has 1 aliphatic rings. The third kappa shape index (κ3) is 2.50. The van der Waals surface area contributed by atoms with E-state index in [-0.39, 0.29) is 6.61 Å². The van der Waals surface area contributed by atoms with E-state index in [1.54, 1.807) is 25.1 Å². The Kier molecular flexibility index (Phi) is 3.76. The average Bonchev–Trinajstić information content (AvgIpc) is 2.69. The van der Waals surface area contributed by atoms with E-state index in [2.05, 4.69) is 0 Å². The predicted octanol–water partition coefficient (Wildman–Crippen LogP) is 1.04. The second-order valence-electron chi connectivity index (χ2n) is 4.17. The van der Waals surface area contributed by atoms with E-state index in [4.69, 9.17) is 19.9 Å². The van der Waals surface area contributed by atoms with Crippen LogP contribution in [0.1, 0.15) is 17.3 Å². The quantitative estimate of drug-likeness (QED) is 0.653. The maximum atomic E-state index is 12.2. The van der Waals surface area contributed by atoms with Gasteiger partial charge in [0.05, 0.1) is 19.3 Å². The van der Waals surface area contributed by atoms with Crippen molar-refractivity contribution in [3.8, 4) is 11.5 Å². The Morgan fingerprint density at radius 3 is 2.90 bits per heavy atom. The fourth-order valence-electron chi connectivity index (χ4n) is 1.83. The first-order valence-electron chi connectivity index (χ1n) is 6.07. The minimum atomic E-state index is -1.69. The fourth-order valence-corrected chi connectivity index (χ4v) is 1.83. The molecule has 0 amide bonds. The molecule has 1 aliphatic heterocycles. The summed E-state index contributed by atoms with van der Waals surface area (Å²) in [7, 11) is 1.51. The lowest BCUT2D eigenvalue weighted by atomic mass is 10.0. The van der Waals surface area contributed by atoms with E-state index in [1.165, 1.54) is 13.2 Å². The zero-order chi connectivity index (χ0) is 14.8. The number of carbonyl (C=O) groups is 2. The van der Waals surface area contributed by atoms with Crippen molar-refractivity contribution in [2.24, 2.45) is 5.73 Å². The number of rotatable bonds is 4. The topological polar surface area (TPSA) is 87.8 Å². The second-order valence-corrected chi connectivity index (χ2v) is 4.17. The first kappa shape index (κ1) is 14.1. The van der Waals surface area contributed by atoms with Crippen LogP contribution in [0.15, 0.2) is 30.4 Å². The van der Waals surface area contributed by atoms with Gasteiger partial charge in [-0.25, -0.2) is 4.79 Å². The lowest BCUT2D eigenvalue weighted by Gasteiger charge is -2.17. The molecule has 0 aromatic heterocycles. The number of carbonyl (C=O) groups excluding carboxylic acids is 2. The molecule has 1 aromatic carbocycles. The van der Waals surface area contributed by atoms with Crippen molar-refractivity contribution in [1.29, 1.82) is 0 Å². The highest BCUT2D eigenvalue weighted by Crippen LogP contribution is 2.35. The molecule has 2 N–H and O–H groups in total. The molecule has 0 spiro atoms. The van der Waals surface area contributed by atoms with Gasteiger partial charge in [0.25, 0.3) is 0 Å². The number of hydrogen-bond acceptors (Lipinski definition) is 6. The molecule has 0 saturated carbocycles. The van der Waals surface area contributed by atoms with Gasteiger partial charge in [-0.2, -0.15) is 0 Å². The van der Waals surface area contributed by atoms with E-state index >= 15 is 0 Å². The monoisotopic (exact) mass is 277 g/mol. The molecule has 0 saturated heterocycles. The van der Waals surface area contributed by atoms with Crippen molar-refractivity contribution in [2.75, 3.05) is 13.7 Å². The van der Waals surface area contributed by atoms with E-state index in [0.717, 1.165) is 6.08 Å². The van der Waals surface area contributed by atoms with Gasteiger partial charge in [-0.3, -0.25) is 10.5 Å². The number of fused-ring (bicyclic) bond motifs is 1. The van der Waals surface area contributed by atoms with Crippen molar-refractivity contribution in [3.05, 3.63) is 35.9 Å². The summed E-state index contributed by atoms with van der Waals surface area (Å²) < 4.78 is 15.2. The van der Waals surface area contributed by atoms with E-state index in [0.29, 0.717) is 17.1 Å². The number of esters is 1. The summed E-state index contributed by atoms with van der Waals surface area (Å²) in [6, 6.07) is 4.78. The molecule has 2 rings (SSSR count). The standard InChI is InChI=1S/C14H15NO5/c1-3-19-12(16)6-7-14(15)13(17)10-5-4-9(18-2)8-11(10)20-14/h4-8H,3,15H2,1-2H3/b7-6+. The Hall–Kier alpha value is -2.34. The molecule has 106 valence electrons. The maximum absolute atomic E-state index is 12.2. The van der Waals surface area contributed by atoms with Gasteiger partial charge >= 0.3 is 5.97 Å². The Morgan fingerprint density at radius 1 is 1.50 bits per heavy atom. The Bertz CT molecular complexity index is 581. The largest absolute Gasteiger partial charge is 0.497 e. The summed E-state index contributed by atoms with van der Waals surface area (Å²) >= 11 is 0. The van der Waals surface area contributed by atoms with Crippen LogP contribution >= 0.6 is 0 Å². The van der Waals surface area contributed by atoms with Gasteiger partial charge in [-0.05, 0) is 25.1 Å². The van der Waals surface area contributed by atoms with Crippen molar-refractivity contribution < 1.29 is 23.8 Å². The number of benzene rings is 1. The molecule has 1 aromatic rings. The van der Waals surface area contributed by atoms with Crippen molar-refractivity contribution in [2.45, 2.75) is 12.6 Å². The maximum Gasteiger partial charge on any atom is 0.330 e. The molecular weight excluding hydrogens is 262 g/mol. The molecule has 0 bridgehead atoms.